The maximum absolute atomic E-state index is 13.4. The summed E-state index contributed by atoms with van der Waals surface area (Å²) in [7, 11) is 0. The lowest BCUT2D eigenvalue weighted by Gasteiger charge is -2.24. The van der Waals surface area contributed by atoms with E-state index in [1.54, 1.807) is 6.20 Å². The molecule has 0 fully saturated rings. The van der Waals surface area contributed by atoms with Crippen LogP contribution in [0.5, 0.6) is 0 Å². The number of aliphatic imine (C=N–C) groups is 1. The highest BCUT2D eigenvalue weighted by Gasteiger charge is 2.30. The number of aliphatic carboxylic acids is 1. The van der Waals surface area contributed by atoms with Crippen LogP contribution in [-0.4, -0.2) is 80.4 Å². The largest absolute Gasteiger partial charge is 0.480 e. The van der Waals surface area contributed by atoms with E-state index in [1.807, 2.05) is 24.3 Å². The average Bonchev–Trinajstić information content (AvgIpc) is 3.59. The van der Waals surface area contributed by atoms with Crippen molar-refractivity contribution in [1.82, 2.24) is 30.9 Å². The lowest BCUT2D eigenvalue weighted by molar-refractivity contribution is -0.141. The van der Waals surface area contributed by atoms with Gasteiger partial charge < -0.3 is 48.2 Å². The number of carbonyl (C=O) groups excluding carboxylic acids is 3. The number of benzene rings is 1. The fourth-order valence-electron chi connectivity index (χ4n) is 4.15. The molecule has 0 spiro atoms. The van der Waals surface area contributed by atoms with Gasteiger partial charge in [-0.1, -0.05) is 18.2 Å². The van der Waals surface area contributed by atoms with Crippen LogP contribution >= 0.6 is 0 Å². The number of aromatic nitrogens is 3. The number of rotatable bonds is 15. The van der Waals surface area contributed by atoms with Gasteiger partial charge in [0.15, 0.2) is 5.96 Å². The van der Waals surface area contributed by atoms with Gasteiger partial charge in [0.25, 0.3) is 0 Å². The number of nitrogens with zero attached hydrogens (tertiary/aromatic N) is 2. The first-order valence-electron chi connectivity index (χ1n) is 13.0. The Hall–Kier alpha value is -4.92. The summed E-state index contributed by atoms with van der Waals surface area (Å²) in [6.07, 6.45) is 5.39. The lowest BCUT2D eigenvalue weighted by Crippen LogP contribution is -2.57. The zero-order valence-electron chi connectivity index (χ0n) is 22.6. The maximum atomic E-state index is 13.4. The Labute approximate surface area is 235 Å². The van der Waals surface area contributed by atoms with Crippen LogP contribution in [0.3, 0.4) is 0 Å². The van der Waals surface area contributed by atoms with Gasteiger partial charge >= 0.3 is 5.97 Å². The molecule has 4 atom stereocenters. The van der Waals surface area contributed by atoms with Gasteiger partial charge in [0.2, 0.25) is 17.7 Å². The van der Waals surface area contributed by atoms with E-state index < -0.39 is 47.9 Å². The van der Waals surface area contributed by atoms with Crippen LogP contribution in [0.2, 0.25) is 0 Å². The highest BCUT2D eigenvalue weighted by Crippen LogP contribution is 2.19. The van der Waals surface area contributed by atoms with Crippen molar-refractivity contribution >= 4 is 40.6 Å². The third kappa shape index (κ3) is 9.06. The molecule has 2 heterocycles. The van der Waals surface area contributed by atoms with Gasteiger partial charge in [-0.25, -0.2) is 4.98 Å². The van der Waals surface area contributed by atoms with Crippen molar-refractivity contribution in [3.63, 3.8) is 0 Å². The van der Waals surface area contributed by atoms with Crippen molar-refractivity contribution < 1.29 is 24.3 Å². The predicted octanol–water partition coefficient (Wildman–Crippen LogP) is -1.38. The number of carbonyl (C=O) groups is 4. The Bertz CT molecular complexity index is 1370. The molecule has 0 aliphatic rings. The van der Waals surface area contributed by atoms with E-state index in [9.17, 15) is 24.3 Å². The standard InChI is InChI=1S/C26H36N10O5/c1-14(25(40)41)34-23(38)20(7-4-8-31-26(28)29)35-24(39)21(10-16-12-30-13-33-16)36-22(37)18(27)9-15-11-32-19-6-3-2-5-17(15)19/h2-3,5-6,11-14,18,20-21,32H,4,7-10,27H2,1H3,(H,30,33)(H,34,38)(H,35,39)(H,36,37)(H,40,41)(H4,28,29,31). The lowest BCUT2D eigenvalue weighted by atomic mass is 10.0. The van der Waals surface area contributed by atoms with Gasteiger partial charge in [-0.15, -0.1) is 0 Å². The minimum absolute atomic E-state index is 0.0330. The number of aromatic amines is 2. The molecule has 41 heavy (non-hydrogen) atoms. The predicted molar refractivity (Wildman–Crippen MR) is 151 cm³/mol. The Morgan fingerprint density at radius 3 is 2.39 bits per heavy atom. The van der Waals surface area contributed by atoms with Crippen LogP contribution in [0.1, 0.15) is 31.0 Å². The van der Waals surface area contributed by atoms with Gasteiger partial charge in [0.05, 0.1) is 12.4 Å². The summed E-state index contributed by atoms with van der Waals surface area (Å²) < 4.78 is 0. The summed E-state index contributed by atoms with van der Waals surface area (Å²) in [6, 6.07) is 3.20. The summed E-state index contributed by atoms with van der Waals surface area (Å²) in [6.45, 7) is 1.49. The van der Waals surface area contributed by atoms with Crippen LogP contribution in [-0.2, 0) is 32.0 Å². The maximum Gasteiger partial charge on any atom is 0.325 e. The summed E-state index contributed by atoms with van der Waals surface area (Å²) in [4.78, 5) is 64.5. The molecule has 3 amide bonds. The molecule has 1 aromatic carbocycles. The topological polar surface area (TPSA) is 259 Å². The second-order valence-corrected chi connectivity index (χ2v) is 9.59. The van der Waals surface area contributed by atoms with Gasteiger partial charge in [-0.2, -0.15) is 0 Å². The fraction of sp³-hybridized carbons (Fsp3) is 0.385. The average molecular weight is 569 g/mol. The SMILES string of the molecule is CC(NC(=O)C(CCCN=C(N)N)NC(=O)C(Cc1cnc[nH]1)NC(=O)C(N)Cc1c[nH]c2ccccc12)C(=O)O. The zero-order chi connectivity index (χ0) is 29.9. The molecule has 2 aromatic heterocycles. The number of imidazole rings is 1. The first-order chi connectivity index (χ1) is 19.5. The third-order valence-corrected chi connectivity index (χ3v) is 6.37. The molecule has 0 bridgehead atoms. The van der Waals surface area contributed by atoms with E-state index in [2.05, 4.69) is 35.9 Å². The van der Waals surface area contributed by atoms with E-state index in [0.717, 1.165) is 16.5 Å². The highest BCUT2D eigenvalue weighted by molar-refractivity contribution is 5.94. The third-order valence-electron chi connectivity index (χ3n) is 6.37. The number of fused-ring (bicyclic) bond motifs is 1. The Balaban J connectivity index is 1.73. The molecule has 0 aliphatic heterocycles. The molecule has 15 nitrogen and oxygen atoms in total. The van der Waals surface area contributed by atoms with Crippen LogP contribution < -0.4 is 33.2 Å². The van der Waals surface area contributed by atoms with Gasteiger partial charge in [0.1, 0.15) is 18.1 Å². The number of carboxylic acid groups (broad SMARTS) is 1. The monoisotopic (exact) mass is 568 g/mol. The first kappa shape index (κ1) is 30.6. The van der Waals surface area contributed by atoms with Crippen LogP contribution in [0.4, 0.5) is 0 Å². The summed E-state index contributed by atoms with van der Waals surface area (Å²) >= 11 is 0. The Morgan fingerprint density at radius 2 is 1.71 bits per heavy atom. The first-order valence-corrected chi connectivity index (χ1v) is 13.0. The van der Waals surface area contributed by atoms with Crippen molar-refractivity contribution in [1.29, 1.82) is 0 Å². The van der Waals surface area contributed by atoms with Crippen molar-refractivity contribution in [2.24, 2.45) is 22.2 Å². The molecule has 220 valence electrons. The van der Waals surface area contributed by atoms with Crippen molar-refractivity contribution in [2.75, 3.05) is 6.54 Å². The molecule has 4 unspecified atom stereocenters. The summed E-state index contributed by atoms with van der Waals surface area (Å²) in [5, 5.41) is 17.8. The number of carboxylic acids is 1. The molecule has 0 aliphatic carbocycles. The van der Waals surface area contributed by atoms with Crippen LogP contribution in [0.15, 0.2) is 48.0 Å². The number of nitrogens with two attached hydrogens (primary N) is 3. The quantitative estimate of drug-likeness (QED) is 0.0593. The molecule has 15 heteroatoms. The number of hydrogen-bond donors (Lipinski definition) is 9. The molecule has 3 rings (SSSR count). The number of H-pyrrole nitrogens is 2. The fourth-order valence-corrected chi connectivity index (χ4v) is 4.15. The van der Waals surface area contributed by atoms with Gasteiger partial charge in [-0.05, 0) is 37.8 Å². The normalized spacial score (nSPS) is 13.9. The zero-order valence-corrected chi connectivity index (χ0v) is 22.6. The molecule has 0 saturated carbocycles. The minimum Gasteiger partial charge on any atom is -0.480 e. The van der Waals surface area contributed by atoms with Crippen molar-refractivity contribution in [2.45, 2.75) is 56.8 Å². The Morgan fingerprint density at radius 1 is 1.00 bits per heavy atom. The second kappa shape index (κ2) is 14.5. The van der Waals surface area contributed by atoms with E-state index >= 15 is 0 Å². The number of guanidine groups is 1. The van der Waals surface area contributed by atoms with Crippen molar-refractivity contribution in [3.05, 3.63) is 54.2 Å². The molecular weight excluding hydrogens is 532 g/mol. The van der Waals surface area contributed by atoms with Crippen LogP contribution in [0, 0.1) is 0 Å². The molecule has 0 saturated heterocycles. The van der Waals surface area contributed by atoms with Crippen LogP contribution in [0.25, 0.3) is 10.9 Å². The molecular formula is C26H36N10O5. The summed E-state index contributed by atoms with van der Waals surface area (Å²) in [5.74, 6) is -3.31. The van der Waals surface area contributed by atoms with Crippen molar-refractivity contribution in [3.8, 4) is 0 Å². The van der Waals surface area contributed by atoms with E-state index in [4.69, 9.17) is 17.2 Å². The smallest absolute Gasteiger partial charge is 0.325 e. The van der Waals surface area contributed by atoms with Gasteiger partial charge in [0, 0.05) is 42.0 Å². The number of para-hydroxylation sites is 1. The molecule has 12 N–H and O–H groups in total. The van der Waals surface area contributed by atoms with E-state index in [0.29, 0.717) is 12.1 Å². The molecule has 0 radical (unpaired) electrons. The molecule has 3 aromatic rings. The number of hydrogen-bond acceptors (Lipinski definition) is 7. The highest BCUT2D eigenvalue weighted by atomic mass is 16.4. The second-order valence-electron chi connectivity index (χ2n) is 9.59. The summed E-state index contributed by atoms with van der Waals surface area (Å²) in [5.41, 5.74) is 19.2. The Kier molecular flexibility index (Phi) is 10.8. The van der Waals surface area contributed by atoms with E-state index in [1.165, 1.54) is 19.4 Å². The van der Waals surface area contributed by atoms with Gasteiger partial charge in [-0.3, -0.25) is 24.2 Å². The minimum atomic E-state index is -1.24. The van der Waals surface area contributed by atoms with E-state index in [-0.39, 0.29) is 31.8 Å². The number of amides is 3. The number of nitrogens with one attached hydrogen (secondary N) is 5.